The number of carbonyl (C=O) groups is 1. The number of hydrogen-bond donors (Lipinski definition) is 3. The molecule has 0 bridgehead atoms. The van der Waals surface area contributed by atoms with E-state index in [4.69, 9.17) is 5.11 Å². The Labute approximate surface area is 63.9 Å². The zero-order valence-electron chi connectivity index (χ0n) is 6.03. The first-order valence-corrected chi connectivity index (χ1v) is 3.08. The van der Waals surface area contributed by atoms with Crippen LogP contribution in [0, 0.1) is 0 Å². The van der Waals surface area contributed by atoms with Gasteiger partial charge in [0.05, 0.1) is 6.20 Å². The Bertz CT molecular complexity index is 222. The van der Waals surface area contributed by atoms with Crippen molar-refractivity contribution >= 4 is 5.91 Å². The molecule has 60 valence electrons. The lowest BCUT2D eigenvalue weighted by Gasteiger charge is -2.21. The van der Waals surface area contributed by atoms with Crippen molar-refractivity contribution in [2.24, 2.45) is 0 Å². The lowest BCUT2D eigenvalue weighted by molar-refractivity contribution is -0.123. The van der Waals surface area contributed by atoms with Gasteiger partial charge in [0, 0.05) is 19.2 Å². The quantitative estimate of drug-likeness (QED) is 0.489. The van der Waals surface area contributed by atoms with E-state index in [1.165, 1.54) is 30.5 Å². The smallest absolute Gasteiger partial charge is 0.236 e. The summed E-state index contributed by atoms with van der Waals surface area (Å²) in [6.45, 7) is 1.40. The third kappa shape index (κ3) is 2.21. The van der Waals surface area contributed by atoms with Crippen LogP contribution in [0.5, 0.6) is 0 Å². The maximum atomic E-state index is 10.5. The van der Waals surface area contributed by atoms with Gasteiger partial charge < -0.3 is 5.11 Å². The van der Waals surface area contributed by atoms with Crippen LogP contribution < -0.4 is 10.9 Å². The first kappa shape index (κ1) is 7.46. The van der Waals surface area contributed by atoms with Gasteiger partial charge in [0.25, 0.3) is 0 Å². The van der Waals surface area contributed by atoms with Crippen LogP contribution in [0.4, 0.5) is 0 Å². The van der Waals surface area contributed by atoms with Crippen molar-refractivity contribution in [3.05, 3.63) is 24.2 Å². The second-order valence-electron chi connectivity index (χ2n) is 2.05. The molecule has 0 atom stereocenters. The second kappa shape index (κ2) is 2.96. The van der Waals surface area contributed by atoms with Crippen LogP contribution in [-0.2, 0) is 4.79 Å². The molecular weight excluding hydrogens is 146 g/mol. The number of hydrogen-bond acceptors (Lipinski definition) is 4. The average Bonchev–Trinajstić information content (AvgIpc) is 1.93. The van der Waals surface area contributed by atoms with Gasteiger partial charge in [-0.25, -0.2) is 10.5 Å². The maximum Gasteiger partial charge on any atom is 0.236 e. The summed E-state index contributed by atoms with van der Waals surface area (Å²) in [5.41, 5.74) is 5.05. The van der Waals surface area contributed by atoms with E-state index in [9.17, 15) is 4.79 Å². The van der Waals surface area contributed by atoms with Crippen molar-refractivity contribution in [2.75, 3.05) is 0 Å². The number of allylic oxidation sites excluding steroid dienone is 1. The summed E-state index contributed by atoms with van der Waals surface area (Å²) in [6.07, 6.45) is 4.30. The van der Waals surface area contributed by atoms with Crippen LogP contribution in [0.1, 0.15) is 6.92 Å². The molecule has 11 heavy (non-hydrogen) atoms. The predicted molar refractivity (Wildman–Crippen MR) is 38.6 cm³/mol. The van der Waals surface area contributed by atoms with E-state index in [2.05, 4.69) is 10.9 Å². The average molecular weight is 155 g/mol. The molecule has 0 aromatic rings. The zero-order chi connectivity index (χ0) is 8.27. The van der Waals surface area contributed by atoms with Gasteiger partial charge in [0.2, 0.25) is 5.91 Å². The summed E-state index contributed by atoms with van der Waals surface area (Å²) >= 11 is 0. The number of carbonyl (C=O) groups excluding carboxylic acids is 1. The van der Waals surface area contributed by atoms with Crippen molar-refractivity contribution in [1.82, 2.24) is 16.0 Å². The largest absolute Gasteiger partial charge is 0.506 e. The second-order valence-corrected chi connectivity index (χ2v) is 2.05. The summed E-state index contributed by atoms with van der Waals surface area (Å²) in [7, 11) is 0. The van der Waals surface area contributed by atoms with Gasteiger partial charge in [0.1, 0.15) is 5.76 Å². The van der Waals surface area contributed by atoms with Crippen LogP contribution in [0.25, 0.3) is 0 Å². The summed E-state index contributed by atoms with van der Waals surface area (Å²) in [5, 5.41) is 10.2. The van der Waals surface area contributed by atoms with E-state index >= 15 is 0 Å². The topological polar surface area (TPSA) is 64.6 Å². The predicted octanol–water partition coefficient (Wildman–Crippen LogP) is -0.229. The summed E-state index contributed by atoms with van der Waals surface area (Å²) in [4.78, 5) is 10.5. The van der Waals surface area contributed by atoms with Gasteiger partial charge in [-0.3, -0.25) is 10.2 Å². The lowest BCUT2D eigenvalue weighted by atomic mass is 10.5. The van der Waals surface area contributed by atoms with Gasteiger partial charge >= 0.3 is 0 Å². The summed E-state index contributed by atoms with van der Waals surface area (Å²) in [6, 6.07) is 0. The number of rotatable bonds is 1. The monoisotopic (exact) mass is 155 g/mol. The van der Waals surface area contributed by atoms with Gasteiger partial charge in [-0.05, 0) is 0 Å². The number of aliphatic hydroxyl groups excluding tert-OH is 1. The molecule has 0 radical (unpaired) electrons. The molecule has 0 aliphatic carbocycles. The Hall–Kier alpha value is -1.65. The normalized spacial score (nSPS) is 15.4. The fourth-order valence-electron chi connectivity index (χ4n) is 0.617. The molecule has 5 heteroatoms. The molecule has 1 aliphatic rings. The molecule has 5 nitrogen and oxygen atoms in total. The van der Waals surface area contributed by atoms with E-state index in [1.807, 2.05) is 0 Å². The lowest BCUT2D eigenvalue weighted by Crippen LogP contribution is -2.45. The summed E-state index contributed by atoms with van der Waals surface area (Å²) < 4.78 is 0. The number of amides is 1. The minimum Gasteiger partial charge on any atom is -0.506 e. The molecule has 0 unspecified atom stereocenters. The third-order valence-corrected chi connectivity index (χ3v) is 1.02. The third-order valence-electron chi connectivity index (χ3n) is 1.02. The first-order valence-electron chi connectivity index (χ1n) is 3.08. The molecular formula is C6H9N3O2. The Morgan fingerprint density at radius 2 is 2.55 bits per heavy atom. The highest BCUT2D eigenvalue weighted by Crippen LogP contribution is 1.95. The van der Waals surface area contributed by atoms with Crippen LogP contribution in [-0.4, -0.2) is 16.1 Å². The van der Waals surface area contributed by atoms with Crippen molar-refractivity contribution in [3.8, 4) is 0 Å². The fraction of sp³-hybridized carbons (Fsp3) is 0.167. The fourth-order valence-corrected chi connectivity index (χ4v) is 0.617. The molecule has 0 saturated carbocycles. The SMILES string of the molecule is CC(=O)NN1C=CC(O)=CN1. The molecule has 1 rings (SSSR count). The minimum absolute atomic E-state index is 0.117. The van der Waals surface area contributed by atoms with Crippen LogP contribution in [0.2, 0.25) is 0 Å². The van der Waals surface area contributed by atoms with E-state index in [0.29, 0.717) is 0 Å². The molecule has 0 saturated heterocycles. The van der Waals surface area contributed by atoms with Crippen LogP contribution in [0.15, 0.2) is 24.2 Å². The molecule has 1 aliphatic heterocycles. The number of aliphatic hydroxyl groups is 1. The van der Waals surface area contributed by atoms with Crippen molar-refractivity contribution < 1.29 is 9.90 Å². The Kier molecular flexibility index (Phi) is 2.00. The van der Waals surface area contributed by atoms with Crippen LogP contribution >= 0.6 is 0 Å². The maximum absolute atomic E-state index is 10.5. The van der Waals surface area contributed by atoms with E-state index in [1.54, 1.807) is 0 Å². The highest BCUT2D eigenvalue weighted by molar-refractivity contribution is 5.72. The van der Waals surface area contributed by atoms with E-state index < -0.39 is 0 Å². The molecule has 0 aromatic carbocycles. The highest BCUT2D eigenvalue weighted by Gasteiger charge is 2.01. The Balaban J connectivity index is 2.43. The van der Waals surface area contributed by atoms with Gasteiger partial charge in [-0.1, -0.05) is 0 Å². The zero-order valence-corrected chi connectivity index (χ0v) is 6.03. The first-order chi connectivity index (χ1) is 5.18. The molecule has 0 fully saturated rings. The highest BCUT2D eigenvalue weighted by atomic mass is 16.3. The molecule has 3 N–H and O–H groups in total. The Morgan fingerprint density at radius 3 is 3.00 bits per heavy atom. The van der Waals surface area contributed by atoms with E-state index in [0.717, 1.165) is 0 Å². The standard InChI is InChI=1S/C6H9N3O2/c1-5(10)8-9-3-2-6(11)4-7-9/h2-4,7,11H,1H3,(H,8,10). The molecule has 1 amide bonds. The molecule has 0 spiro atoms. The number of nitrogens with one attached hydrogen (secondary N) is 2. The van der Waals surface area contributed by atoms with Crippen LogP contribution in [0.3, 0.4) is 0 Å². The van der Waals surface area contributed by atoms with Gasteiger partial charge in [-0.2, -0.15) is 0 Å². The number of hydrazine groups is 2. The van der Waals surface area contributed by atoms with Gasteiger partial charge in [0.15, 0.2) is 0 Å². The van der Waals surface area contributed by atoms with Crippen molar-refractivity contribution in [3.63, 3.8) is 0 Å². The molecule has 1 heterocycles. The number of nitrogens with zero attached hydrogens (tertiary/aromatic N) is 1. The van der Waals surface area contributed by atoms with Crippen molar-refractivity contribution in [2.45, 2.75) is 6.92 Å². The molecule has 0 aromatic heterocycles. The van der Waals surface area contributed by atoms with Crippen molar-refractivity contribution in [1.29, 1.82) is 0 Å². The Morgan fingerprint density at radius 1 is 1.82 bits per heavy atom. The minimum atomic E-state index is -0.183. The van der Waals surface area contributed by atoms with E-state index in [-0.39, 0.29) is 11.7 Å². The van der Waals surface area contributed by atoms with Gasteiger partial charge in [-0.15, -0.1) is 0 Å². The summed E-state index contributed by atoms with van der Waals surface area (Å²) in [5.74, 6) is -0.0662.